The molecule has 9 heteroatoms. The van der Waals surface area contributed by atoms with Gasteiger partial charge in [0.25, 0.3) is 0 Å². The predicted molar refractivity (Wildman–Crippen MR) is 111 cm³/mol. The molecule has 31 heavy (non-hydrogen) atoms. The summed E-state index contributed by atoms with van der Waals surface area (Å²) in [5, 5.41) is 0. The number of hydrogen-bond donors (Lipinski definition) is 0. The van der Waals surface area contributed by atoms with Gasteiger partial charge in [0.05, 0.1) is 12.8 Å². The Kier molecular flexibility index (Phi) is 16.4. The summed E-state index contributed by atoms with van der Waals surface area (Å²) in [7, 11) is 3.64. The first kappa shape index (κ1) is 29.6. The van der Waals surface area contributed by atoms with E-state index in [1.807, 2.05) is 14.1 Å². The summed E-state index contributed by atoms with van der Waals surface area (Å²) in [6.45, 7) is 2.93. The average molecular weight is 522 g/mol. The fraction of sp³-hybridized carbons (Fsp3) is 0.818. The second-order valence-electron chi connectivity index (χ2n) is 8.42. The van der Waals surface area contributed by atoms with Crippen molar-refractivity contribution in [1.82, 2.24) is 9.80 Å². The van der Waals surface area contributed by atoms with E-state index in [0.29, 0.717) is 12.1 Å². The summed E-state index contributed by atoms with van der Waals surface area (Å²) in [4.78, 5) is 48.2. The summed E-state index contributed by atoms with van der Waals surface area (Å²) in [5.41, 5.74) is 0. The molecule has 2 amide bonds. The molecule has 0 aromatic rings. The van der Waals surface area contributed by atoms with Crippen LogP contribution < -0.4 is 0 Å². The van der Waals surface area contributed by atoms with Gasteiger partial charge in [-0.2, -0.15) is 0 Å². The van der Waals surface area contributed by atoms with Gasteiger partial charge in [0.1, 0.15) is 11.6 Å². The third kappa shape index (κ3) is 13.6. The van der Waals surface area contributed by atoms with Crippen molar-refractivity contribution in [1.29, 1.82) is 0 Å². The monoisotopic (exact) mass is 524 g/mol. The standard InChI is InChI=1S/2C11H19NO2.Mo.2O/c2*1-9(13)8-11(14)12(2)10-6-4-3-5-7-10;;;/h2*10H,3-8H2,1-2H3;;;. The Bertz CT molecular complexity index is 573. The van der Waals surface area contributed by atoms with Crippen molar-refractivity contribution in [3.05, 3.63) is 0 Å². The second-order valence-corrected chi connectivity index (χ2v) is 8.75. The van der Waals surface area contributed by atoms with E-state index >= 15 is 0 Å². The predicted octanol–water partition coefficient (Wildman–Crippen LogP) is 3.27. The van der Waals surface area contributed by atoms with E-state index in [2.05, 4.69) is 0 Å². The molecular weight excluding hydrogens is 484 g/mol. The number of carbonyl (C=O) groups excluding carboxylic acids is 4. The van der Waals surface area contributed by atoms with Gasteiger partial charge in [0.2, 0.25) is 11.8 Å². The third-order valence-electron chi connectivity index (χ3n) is 5.83. The molecule has 0 atom stereocenters. The number of hydrogen-bond acceptors (Lipinski definition) is 6. The average Bonchev–Trinajstić information content (AvgIpc) is 2.74. The van der Waals surface area contributed by atoms with E-state index in [-0.39, 0.29) is 36.2 Å². The topological polar surface area (TPSA) is 109 Å². The second kappa shape index (κ2) is 17.2. The zero-order valence-electron chi connectivity index (χ0n) is 19.4. The van der Waals surface area contributed by atoms with Gasteiger partial charge in [-0.05, 0) is 39.5 Å². The fourth-order valence-corrected chi connectivity index (χ4v) is 4.02. The molecule has 0 spiro atoms. The molecule has 0 aliphatic heterocycles. The van der Waals surface area contributed by atoms with E-state index in [4.69, 9.17) is 6.80 Å². The van der Waals surface area contributed by atoms with Crippen LogP contribution in [0.4, 0.5) is 0 Å². The van der Waals surface area contributed by atoms with Crippen LogP contribution in [0.15, 0.2) is 0 Å². The Morgan fingerprint density at radius 3 is 1.13 bits per heavy atom. The van der Waals surface area contributed by atoms with Crippen molar-refractivity contribution in [2.75, 3.05) is 14.1 Å². The Hall–Kier alpha value is -1.43. The van der Waals surface area contributed by atoms with Gasteiger partial charge in [-0.25, -0.2) is 0 Å². The zero-order valence-corrected chi connectivity index (χ0v) is 21.4. The first-order valence-corrected chi connectivity index (χ1v) is 12.7. The number of carbonyl (C=O) groups is 4. The van der Waals surface area contributed by atoms with E-state index < -0.39 is 18.5 Å². The number of rotatable bonds is 6. The first-order chi connectivity index (χ1) is 14.6. The molecule has 0 aromatic heterocycles. The minimum atomic E-state index is -2.03. The summed E-state index contributed by atoms with van der Waals surface area (Å²) in [6, 6.07) is 0.742. The Labute approximate surface area is 194 Å². The molecular formula is C22H38MoN2O6. The molecule has 0 N–H and O–H groups in total. The van der Waals surface area contributed by atoms with Gasteiger partial charge in [0.15, 0.2) is 0 Å². The van der Waals surface area contributed by atoms with Crippen LogP contribution in [0.25, 0.3) is 0 Å². The summed E-state index contributed by atoms with van der Waals surface area (Å²) >= 11 is -2.03. The van der Waals surface area contributed by atoms with E-state index in [1.54, 1.807) is 9.80 Å². The molecule has 0 unspecified atom stereocenters. The molecule has 0 saturated heterocycles. The summed E-state index contributed by atoms with van der Waals surface area (Å²) in [5.74, 6) is -0.135. The van der Waals surface area contributed by atoms with Crippen LogP contribution in [-0.4, -0.2) is 59.4 Å². The molecule has 2 saturated carbocycles. The van der Waals surface area contributed by atoms with Gasteiger partial charge in [0, 0.05) is 26.2 Å². The van der Waals surface area contributed by atoms with E-state index in [0.717, 1.165) is 25.7 Å². The maximum atomic E-state index is 11.6. The summed E-state index contributed by atoms with van der Waals surface area (Å²) in [6.07, 6.45) is 11.9. The number of amides is 2. The van der Waals surface area contributed by atoms with Gasteiger partial charge in [-0.15, -0.1) is 0 Å². The SMILES string of the molecule is CC(=O)CC(=O)N(C)C1CCCCC1.CC(=O)CC(=O)N(C)C1CCCCC1.[O]=[Mo]=[O]. The van der Waals surface area contributed by atoms with Crippen molar-refractivity contribution in [3.8, 4) is 0 Å². The Morgan fingerprint density at radius 1 is 0.645 bits per heavy atom. The fourth-order valence-electron chi connectivity index (χ4n) is 4.02. The zero-order chi connectivity index (χ0) is 23.8. The van der Waals surface area contributed by atoms with Crippen LogP contribution in [0.2, 0.25) is 0 Å². The van der Waals surface area contributed by atoms with Gasteiger partial charge >= 0.3 is 25.3 Å². The molecule has 0 bridgehead atoms. The number of ketones is 2. The minimum absolute atomic E-state index is 0.0237. The van der Waals surface area contributed by atoms with Crippen LogP contribution in [0, 0.1) is 0 Å². The van der Waals surface area contributed by atoms with Crippen LogP contribution >= 0.6 is 0 Å². The molecule has 0 heterocycles. The Morgan fingerprint density at radius 2 is 0.903 bits per heavy atom. The number of Topliss-reactive ketones (excluding diaryl/α,β-unsaturated/α-hetero) is 2. The quantitative estimate of drug-likeness (QED) is 0.391. The summed E-state index contributed by atoms with van der Waals surface area (Å²) < 4.78 is 17.0. The van der Waals surface area contributed by atoms with Crippen molar-refractivity contribution >= 4 is 23.4 Å². The molecule has 2 aliphatic rings. The van der Waals surface area contributed by atoms with Crippen molar-refractivity contribution in [2.24, 2.45) is 0 Å². The molecule has 0 radical (unpaired) electrons. The molecule has 178 valence electrons. The molecule has 2 aliphatic carbocycles. The van der Waals surface area contributed by atoms with Crippen LogP contribution in [0.3, 0.4) is 0 Å². The van der Waals surface area contributed by atoms with Gasteiger partial charge in [-0.1, -0.05) is 38.5 Å². The number of nitrogens with zero attached hydrogens (tertiary/aromatic N) is 2. The maximum absolute atomic E-state index is 11.6. The van der Waals surface area contributed by atoms with E-state index in [1.165, 1.54) is 52.4 Å². The Balaban J connectivity index is 0.000000516. The third-order valence-corrected chi connectivity index (χ3v) is 5.83. The van der Waals surface area contributed by atoms with Crippen LogP contribution in [0.5, 0.6) is 0 Å². The van der Waals surface area contributed by atoms with Crippen molar-refractivity contribution in [3.63, 3.8) is 0 Å². The van der Waals surface area contributed by atoms with Crippen molar-refractivity contribution in [2.45, 2.75) is 103 Å². The molecule has 8 nitrogen and oxygen atoms in total. The van der Waals surface area contributed by atoms with Crippen molar-refractivity contribution < 1.29 is 44.5 Å². The van der Waals surface area contributed by atoms with Gasteiger partial charge < -0.3 is 9.80 Å². The van der Waals surface area contributed by atoms with Crippen LogP contribution in [0.1, 0.15) is 90.9 Å². The molecule has 0 aromatic carbocycles. The first-order valence-electron chi connectivity index (χ1n) is 11.1. The van der Waals surface area contributed by atoms with Gasteiger partial charge in [-0.3, -0.25) is 19.2 Å². The molecule has 2 fully saturated rings. The molecule has 2 rings (SSSR count). The normalized spacial score (nSPS) is 16.5. The van der Waals surface area contributed by atoms with Crippen LogP contribution in [-0.2, 0) is 44.5 Å². The van der Waals surface area contributed by atoms with E-state index in [9.17, 15) is 19.2 Å².